The van der Waals surface area contributed by atoms with Crippen molar-refractivity contribution in [2.45, 2.75) is 23.8 Å². The van der Waals surface area contributed by atoms with Crippen LogP contribution in [-0.2, 0) is 14.8 Å². The number of likely N-dealkylation sites (tertiary alicyclic amines) is 1. The molecule has 116 valence electrons. The van der Waals surface area contributed by atoms with Gasteiger partial charge in [0.05, 0.1) is 11.4 Å². The lowest BCUT2D eigenvalue weighted by atomic mass is 10.1. The molecule has 3 N–H and O–H groups in total. The zero-order chi connectivity index (χ0) is 15.5. The summed E-state index contributed by atoms with van der Waals surface area (Å²) in [4.78, 5) is 13.0. The van der Waals surface area contributed by atoms with E-state index in [4.69, 9.17) is 5.73 Å². The van der Waals surface area contributed by atoms with E-state index >= 15 is 0 Å². The van der Waals surface area contributed by atoms with Crippen molar-refractivity contribution >= 4 is 31.9 Å². The molecule has 0 aromatic heterocycles. The van der Waals surface area contributed by atoms with Gasteiger partial charge in [-0.2, -0.15) is 0 Å². The first-order valence-electron chi connectivity index (χ1n) is 6.65. The van der Waals surface area contributed by atoms with Crippen molar-refractivity contribution in [3.8, 4) is 0 Å². The predicted molar refractivity (Wildman–Crippen MR) is 83.1 cm³/mol. The summed E-state index contributed by atoms with van der Waals surface area (Å²) >= 11 is 3.28. The van der Waals surface area contributed by atoms with Crippen molar-refractivity contribution in [1.29, 1.82) is 0 Å². The summed E-state index contributed by atoms with van der Waals surface area (Å²) in [7, 11) is -3.50. The van der Waals surface area contributed by atoms with Crippen LogP contribution >= 0.6 is 15.9 Å². The molecule has 2 rings (SSSR count). The van der Waals surface area contributed by atoms with Crippen LogP contribution in [0.1, 0.15) is 12.8 Å². The Morgan fingerprint density at radius 3 is 2.38 bits per heavy atom. The summed E-state index contributed by atoms with van der Waals surface area (Å²) in [6, 6.07) is 6.42. The molecule has 1 heterocycles. The van der Waals surface area contributed by atoms with Crippen LogP contribution in [0.4, 0.5) is 0 Å². The number of hydrogen-bond acceptors (Lipinski definition) is 4. The number of benzene rings is 1. The fraction of sp³-hybridized carbons (Fsp3) is 0.462. The topological polar surface area (TPSA) is 92.5 Å². The maximum atomic E-state index is 12.3. The minimum atomic E-state index is -3.50. The number of halogens is 1. The molecule has 0 aliphatic carbocycles. The van der Waals surface area contributed by atoms with E-state index in [0.717, 1.165) is 4.47 Å². The van der Waals surface area contributed by atoms with Crippen molar-refractivity contribution in [3.63, 3.8) is 0 Å². The number of rotatable bonds is 5. The van der Waals surface area contributed by atoms with Gasteiger partial charge in [0.15, 0.2) is 0 Å². The summed E-state index contributed by atoms with van der Waals surface area (Å²) in [5.41, 5.74) is 5.15. The molecular weight excluding hydrogens is 358 g/mol. The normalized spacial score (nSPS) is 17.8. The molecule has 0 saturated carbocycles. The molecule has 0 radical (unpaired) electrons. The van der Waals surface area contributed by atoms with Crippen LogP contribution in [0.2, 0.25) is 0 Å². The van der Waals surface area contributed by atoms with Crippen molar-refractivity contribution in [3.05, 3.63) is 28.7 Å². The minimum Gasteiger partial charge on any atom is -0.369 e. The molecule has 8 heteroatoms. The van der Waals surface area contributed by atoms with E-state index in [1.165, 1.54) is 0 Å². The maximum absolute atomic E-state index is 12.3. The molecule has 1 saturated heterocycles. The van der Waals surface area contributed by atoms with Crippen LogP contribution in [0.5, 0.6) is 0 Å². The number of nitrogens with zero attached hydrogens (tertiary/aromatic N) is 1. The molecule has 0 atom stereocenters. The second kappa shape index (κ2) is 6.87. The Balaban J connectivity index is 1.93. The van der Waals surface area contributed by atoms with E-state index in [1.54, 1.807) is 24.3 Å². The Bertz CT molecular complexity index is 596. The monoisotopic (exact) mass is 375 g/mol. The number of amides is 1. The molecule has 1 aromatic rings. The Labute approximate surface area is 132 Å². The third kappa shape index (κ3) is 4.77. The molecule has 0 unspecified atom stereocenters. The second-order valence-electron chi connectivity index (χ2n) is 5.09. The van der Waals surface area contributed by atoms with Gasteiger partial charge in [-0.1, -0.05) is 15.9 Å². The molecule has 1 fully saturated rings. The summed E-state index contributed by atoms with van der Waals surface area (Å²) in [5.74, 6) is -0.358. The highest BCUT2D eigenvalue weighted by molar-refractivity contribution is 9.10. The molecule has 1 aliphatic heterocycles. The lowest BCUT2D eigenvalue weighted by Gasteiger charge is -2.31. The summed E-state index contributed by atoms with van der Waals surface area (Å²) < 4.78 is 28.1. The van der Waals surface area contributed by atoms with E-state index in [2.05, 4.69) is 20.7 Å². The third-order valence-corrected chi connectivity index (χ3v) is 5.48. The average molecular weight is 376 g/mol. The number of primary amides is 1. The highest BCUT2D eigenvalue weighted by Crippen LogP contribution is 2.17. The zero-order valence-electron chi connectivity index (χ0n) is 11.5. The van der Waals surface area contributed by atoms with Crippen LogP contribution in [0.25, 0.3) is 0 Å². The molecule has 1 aromatic carbocycles. The number of nitrogens with two attached hydrogens (primary N) is 1. The molecule has 1 amide bonds. The zero-order valence-corrected chi connectivity index (χ0v) is 13.9. The molecule has 6 nitrogen and oxygen atoms in total. The van der Waals surface area contributed by atoms with E-state index in [1.807, 2.05) is 4.90 Å². The van der Waals surface area contributed by atoms with Crippen molar-refractivity contribution in [2.24, 2.45) is 5.73 Å². The quantitative estimate of drug-likeness (QED) is 0.791. The van der Waals surface area contributed by atoms with Gasteiger partial charge in [-0.05, 0) is 37.1 Å². The Morgan fingerprint density at radius 1 is 1.29 bits per heavy atom. The summed E-state index contributed by atoms with van der Waals surface area (Å²) in [5, 5.41) is 0. The summed E-state index contributed by atoms with van der Waals surface area (Å²) in [6.45, 7) is 1.55. The van der Waals surface area contributed by atoms with Crippen molar-refractivity contribution in [1.82, 2.24) is 9.62 Å². The molecule has 21 heavy (non-hydrogen) atoms. The highest BCUT2D eigenvalue weighted by Gasteiger charge is 2.25. The Kier molecular flexibility index (Phi) is 5.37. The SMILES string of the molecule is NC(=O)CN1CCC(NS(=O)(=O)c2ccc(Br)cc2)CC1. The first-order chi connectivity index (χ1) is 9.87. The van der Waals surface area contributed by atoms with Crippen LogP contribution in [0, 0.1) is 0 Å². The lowest BCUT2D eigenvalue weighted by molar-refractivity contribution is -0.119. The van der Waals surface area contributed by atoms with Gasteiger partial charge in [0, 0.05) is 23.6 Å². The van der Waals surface area contributed by atoms with E-state index < -0.39 is 10.0 Å². The second-order valence-corrected chi connectivity index (χ2v) is 7.72. The number of nitrogens with one attached hydrogen (secondary N) is 1. The average Bonchev–Trinajstić information content (AvgIpc) is 2.40. The lowest BCUT2D eigenvalue weighted by Crippen LogP contribution is -2.46. The van der Waals surface area contributed by atoms with Gasteiger partial charge in [0.25, 0.3) is 0 Å². The van der Waals surface area contributed by atoms with E-state index in [9.17, 15) is 13.2 Å². The van der Waals surface area contributed by atoms with Crippen molar-refractivity contribution < 1.29 is 13.2 Å². The Morgan fingerprint density at radius 2 is 1.86 bits per heavy atom. The number of piperidine rings is 1. The maximum Gasteiger partial charge on any atom is 0.240 e. The van der Waals surface area contributed by atoms with Crippen molar-refractivity contribution in [2.75, 3.05) is 19.6 Å². The minimum absolute atomic E-state index is 0.109. The molecule has 0 spiro atoms. The van der Waals surface area contributed by atoms with Crippen LogP contribution in [0.3, 0.4) is 0 Å². The van der Waals surface area contributed by atoms with Crippen LogP contribution in [0.15, 0.2) is 33.6 Å². The van der Waals surface area contributed by atoms with Gasteiger partial charge in [-0.25, -0.2) is 13.1 Å². The fourth-order valence-corrected chi connectivity index (χ4v) is 3.90. The van der Waals surface area contributed by atoms with E-state index in [-0.39, 0.29) is 23.4 Å². The number of carbonyl (C=O) groups excluding carboxylic acids is 1. The van der Waals surface area contributed by atoms with E-state index in [0.29, 0.717) is 25.9 Å². The Hall–Kier alpha value is -0.960. The first kappa shape index (κ1) is 16.4. The van der Waals surface area contributed by atoms with Crippen LogP contribution < -0.4 is 10.5 Å². The predicted octanol–water partition coefficient (Wildman–Crippen LogP) is 0.677. The number of carbonyl (C=O) groups is 1. The molecule has 1 aliphatic rings. The molecular formula is C13H18BrN3O3S. The third-order valence-electron chi connectivity index (χ3n) is 3.41. The number of sulfonamides is 1. The van der Waals surface area contributed by atoms with Gasteiger partial charge < -0.3 is 5.73 Å². The van der Waals surface area contributed by atoms with Crippen LogP contribution in [-0.4, -0.2) is 44.9 Å². The molecule has 0 bridgehead atoms. The highest BCUT2D eigenvalue weighted by atomic mass is 79.9. The summed E-state index contributed by atoms with van der Waals surface area (Å²) in [6.07, 6.45) is 1.34. The van der Waals surface area contributed by atoms with Gasteiger partial charge in [0.2, 0.25) is 15.9 Å². The standard InChI is InChI=1S/C13H18BrN3O3S/c14-10-1-3-12(4-2-10)21(19,20)16-11-5-7-17(8-6-11)9-13(15)18/h1-4,11,16H,5-9H2,(H2,15,18). The largest absolute Gasteiger partial charge is 0.369 e. The first-order valence-corrected chi connectivity index (χ1v) is 8.93. The van der Waals surface area contributed by atoms with Gasteiger partial charge in [-0.3, -0.25) is 9.69 Å². The smallest absolute Gasteiger partial charge is 0.240 e. The van der Waals surface area contributed by atoms with Gasteiger partial charge >= 0.3 is 0 Å². The van der Waals surface area contributed by atoms with Gasteiger partial charge in [-0.15, -0.1) is 0 Å². The number of hydrogen-bond donors (Lipinski definition) is 2. The fourth-order valence-electron chi connectivity index (χ4n) is 2.33. The van der Waals surface area contributed by atoms with Gasteiger partial charge in [0.1, 0.15) is 0 Å².